The van der Waals surface area contributed by atoms with Crippen molar-refractivity contribution in [2.24, 2.45) is 28.6 Å². The Hall–Kier alpha value is -2.03. The van der Waals surface area contributed by atoms with E-state index in [4.69, 9.17) is 4.74 Å². The summed E-state index contributed by atoms with van der Waals surface area (Å²) in [5, 5.41) is 11.3. The zero-order chi connectivity index (χ0) is 26.1. The molecule has 0 aromatic rings. The molecule has 4 aliphatic carbocycles. The summed E-state index contributed by atoms with van der Waals surface area (Å²) in [5.74, 6) is -6.77. The number of halogens is 4. The van der Waals surface area contributed by atoms with E-state index in [0.717, 1.165) is 12.2 Å². The smallest absolute Gasteiger partial charge is 0.306 e. The van der Waals surface area contributed by atoms with Crippen LogP contribution in [0.1, 0.15) is 59.8 Å². The van der Waals surface area contributed by atoms with Crippen molar-refractivity contribution in [3.05, 3.63) is 23.6 Å². The second kappa shape index (κ2) is 8.25. The van der Waals surface area contributed by atoms with Gasteiger partial charge in [-0.15, -0.1) is 0 Å². The van der Waals surface area contributed by atoms with Gasteiger partial charge in [0.15, 0.2) is 23.8 Å². The number of allylic oxidation sites excluding steroid dienone is 4. The van der Waals surface area contributed by atoms with Crippen molar-refractivity contribution in [2.45, 2.75) is 83.3 Å². The minimum absolute atomic E-state index is 0.00923. The highest BCUT2D eigenvalue weighted by atomic mass is 19.2. The summed E-state index contributed by atoms with van der Waals surface area (Å²) >= 11 is 0. The predicted molar refractivity (Wildman–Crippen MR) is 118 cm³/mol. The molecular weight excluding hydrogens is 468 g/mol. The van der Waals surface area contributed by atoms with Gasteiger partial charge in [-0.1, -0.05) is 26.8 Å². The van der Waals surface area contributed by atoms with Crippen LogP contribution in [0.4, 0.5) is 17.6 Å². The number of fused-ring (bicyclic) bond motifs is 5. The number of hydrogen-bond donors (Lipinski definition) is 1. The van der Waals surface area contributed by atoms with Gasteiger partial charge in [-0.05, 0) is 44.6 Å². The summed E-state index contributed by atoms with van der Waals surface area (Å²) < 4.78 is 67.2. The fourth-order valence-electron chi connectivity index (χ4n) is 8.02. The number of aliphatic hydroxyl groups excluding tert-OH is 1. The van der Waals surface area contributed by atoms with E-state index in [-0.39, 0.29) is 19.3 Å². The third-order valence-electron chi connectivity index (χ3n) is 9.51. The van der Waals surface area contributed by atoms with E-state index in [0.29, 0.717) is 6.42 Å². The molecule has 0 unspecified atom stereocenters. The maximum atomic E-state index is 17.2. The lowest BCUT2D eigenvalue weighted by Crippen LogP contribution is -2.71. The number of carbonyl (C=O) groups excluding carboxylic acids is 3. The Morgan fingerprint density at radius 1 is 1.23 bits per heavy atom. The third kappa shape index (κ3) is 3.05. The van der Waals surface area contributed by atoms with Gasteiger partial charge in [-0.25, -0.2) is 17.6 Å². The van der Waals surface area contributed by atoms with Crippen molar-refractivity contribution < 1.29 is 41.8 Å². The lowest BCUT2D eigenvalue weighted by atomic mass is 9.44. The van der Waals surface area contributed by atoms with Crippen molar-refractivity contribution in [2.75, 3.05) is 6.67 Å². The third-order valence-corrected chi connectivity index (χ3v) is 9.51. The van der Waals surface area contributed by atoms with Crippen LogP contribution in [0.15, 0.2) is 23.6 Å². The molecule has 0 saturated heterocycles. The summed E-state index contributed by atoms with van der Waals surface area (Å²) in [5.41, 5.74) is -8.45. The summed E-state index contributed by atoms with van der Waals surface area (Å²) in [4.78, 5) is 37.6. The maximum Gasteiger partial charge on any atom is 0.306 e. The minimum atomic E-state index is -2.56. The van der Waals surface area contributed by atoms with Gasteiger partial charge in [-0.3, -0.25) is 14.4 Å². The van der Waals surface area contributed by atoms with Gasteiger partial charge in [0.25, 0.3) is 0 Å². The van der Waals surface area contributed by atoms with E-state index >= 15 is 8.78 Å². The minimum Gasteiger partial charge on any atom is -0.450 e. The van der Waals surface area contributed by atoms with Gasteiger partial charge in [0.05, 0.1) is 6.10 Å². The van der Waals surface area contributed by atoms with Crippen LogP contribution in [0.2, 0.25) is 0 Å². The Bertz CT molecular complexity index is 1030. The van der Waals surface area contributed by atoms with E-state index in [9.17, 15) is 28.3 Å². The van der Waals surface area contributed by atoms with Gasteiger partial charge in [0, 0.05) is 34.7 Å². The Kier molecular flexibility index (Phi) is 6.14. The molecule has 0 heterocycles. The normalized spacial score (nSPS) is 46.7. The second-order valence-corrected chi connectivity index (χ2v) is 11.1. The van der Waals surface area contributed by atoms with Gasteiger partial charge < -0.3 is 9.84 Å². The number of ether oxygens (including phenoxy) is 1. The van der Waals surface area contributed by atoms with Crippen LogP contribution in [0.3, 0.4) is 0 Å². The standard InChI is InChI=1S/C26H32F4O5/c1-5-6-20(34)35-26(19(33)12-27)13(2)9-14-15-10-16(28)21-22(29)17(31)7-8-23(21,3)25(15,30)18(32)11-24(14,26)4/h7-8,13-16,18,32H,5-6,9-12H2,1-4H3/t13-,14-,15-,16-,18-,23-,24-,25-,26+/m0/s1. The zero-order valence-corrected chi connectivity index (χ0v) is 20.4. The van der Waals surface area contributed by atoms with Gasteiger partial charge in [0.2, 0.25) is 11.6 Å². The Labute approximate surface area is 202 Å². The van der Waals surface area contributed by atoms with E-state index in [1.807, 2.05) is 0 Å². The molecule has 9 heteroatoms. The molecule has 3 fully saturated rings. The topological polar surface area (TPSA) is 80.7 Å². The van der Waals surface area contributed by atoms with Crippen LogP contribution < -0.4 is 0 Å². The molecule has 0 aromatic heterocycles. The predicted octanol–water partition coefficient (Wildman–Crippen LogP) is 4.47. The first kappa shape index (κ1) is 26.0. The number of aliphatic hydroxyl groups is 1. The fraction of sp³-hybridized carbons (Fsp3) is 0.731. The van der Waals surface area contributed by atoms with E-state index < -0.39 is 94.2 Å². The highest BCUT2D eigenvalue weighted by molar-refractivity contribution is 6.04. The molecule has 9 atom stereocenters. The number of ketones is 2. The van der Waals surface area contributed by atoms with Crippen LogP contribution in [0, 0.1) is 28.6 Å². The monoisotopic (exact) mass is 500 g/mol. The van der Waals surface area contributed by atoms with Crippen LogP contribution >= 0.6 is 0 Å². The molecule has 0 radical (unpaired) electrons. The van der Waals surface area contributed by atoms with E-state index in [2.05, 4.69) is 0 Å². The van der Waals surface area contributed by atoms with Crippen molar-refractivity contribution in [3.63, 3.8) is 0 Å². The molecule has 0 aromatic carbocycles. The van der Waals surface area contributed by atoms with Gasteiger partial charge in [-0.2, -0.15) is 0 Å². The summed E-state index contributed by atoms with van der Waals surface area (Å²) in [6.07, 6.45) is -2.21. The van der Waals surface area contributed by atoms with Crippen molar-refractivity contribution in [3.8, 4) is 0 Å². The Morgan fingerprint density at radius 2 is 1.89 bits per heavy atom. The SMILES string of the molecule is CCCC(=O)O[C@@]1(C(=O)CF)[C@@H](C)C[C@H]2[C@@H]3C[C@H](F)C4=C(F)C(=O)C=C[C@]4(C)[C@@]3(F)[C@@H](O)C[C@@]21C. The highest BCUT2D eigenvalue weighted by Gasteiger charge is 2.78. The number of alkyl halides is 3. The van der Waals surface area contributed by atoms with Crippen LogP contribution in [0.25, 0.3) is 0 Å². The molecule has 4 rings (SSSR count). The maximum absolute atomic E-state index is 17.2. The second-order valence-electron chi connectivity index (χ2n) is 11.1. The molecule has 4 aliphatic rings. The largest absolute Gasteiger partial charge is 0.450 e. The number of carbonyl (C=O) groups is 3. The summed E-state index contributed by atoms with van der Waals surface area (Å²) in [7, 11) is 0. The molecule has 0 spiro atoms. The van der Waals surface area contributed by atoms with E-state index in [1.165, 1.54) is 6.92 Å². The highest BCUT2D eigenvalue weighted by Crippen LogP contribution is 2.72. The molecule has 5 nitrogen and oxygen atoms in total. The van der Waals surface area contributed by atoms with E-state index in [1.54, 1.807) is 20.8 Å². The van der Waals surface area contributed by atoms with Crippen LogP contribution in [0.5, 0.6) is 0 Å². The Morgan fingerprint density at radius 3 is 2.49 bits per heavy atom. The first-order chi connectivity index (χ1) is 16.3. The number of esters is 1. The molecular formula is C26H32F4O5. The van der Waals surface area contributed by atoms with Gasteiger partial charge >= 0.3 is 5.97 Å². The number of rotatable bonds is 5. The molecule has 0 aliphatic heterocycles. The van der Waals surface area contributed by atoms with Gasteiger partial charge in [0.1, 0.15) is 6.17 Å². The molecule has 0 amide bonds. The fourth-order valence-corrected chi connectivity index (χ4v) is 8.02. The summed E-state index contributed by atoms with van der Waals surface area (Å²) in [6.45, 7) is 4.78. The lowest BCUT2D eigenvalue weighted by molar-refractivity contribution is -0.231. The van der Waals surface area contributed by atoms with Crippen molar-refractivity contribution >= 4 is 17.5 Å². The molecule has 1 N–H and O–H groups in total. The van der Waals surface area contributed by atoms with Crippen LogP contribution in [-0.2, 0) is 19.1 Å². The molecule has 0 bridgehead atoms. The Balaban J connectivity index is 1.88. The molecule has 35 heavy (non-hydrogen) atoms. The van der Waals surface area contributed by atoms with Crippen LogP contribution in [-0.4, -0.2) is 52.9 Å². The first-order valence-electron chi connectivity index (χ1n) is 12.2. The quantitative estimate of drug-likeness (QED) is 0.445. The number of hydrogen-bond acceptors (Lipinski definition) is 5. The van der Waals surface area contributed by atoms with Crippen molar-refractivity contribution in [1.82, 2.24) is 0 Å². The first-order valence-corrected chi connectivity index (χ1v) is 12.2. The summed E-state index contributed by atoms with van der Waals surface area (Å²) in [6, 6.07) is 0. The number of Topliss-reactive ketones (excluding diaryl/α,β-unsaturated/α-hetero) is 1. The average Bonchev–Trinajstić information content (AvgIpc) is 3.00. The zero-order valence-electron chi connectivity index (χ0n) is 20.4. The van der Waals surface area contributed by atoms with Crippen molar-refractivity contribution in [1.29, 1.82) is 0 Å². The molecule has 194 valence electrons. The average molecular weight is 501 g/mol. The lowest BCUT2D eigenvalue weighted by Gasteiger charge is -2.63. The molecule has 3 saturated carbocycles.